The highest BCUT2D eigenvalue weighted by molar-refractivity contribution is 5.94. The van der Waals surface area contributed by atoms with Crippen LogP contribution < -0.4 is 4.74 Å². The minimum Gasteiger partial charge on any atom is -0.493 e. The Bertz CT molecular complexity index is 668. The molecule has 2 aliphatic heterocycles. The topological polar surface area (TPSA) is 59.1 Å². The third-order valence-corrected chi connectivity index (χ3v) is 5.96. The fourth-order valence-corrected chi connectivity index (χ4v) is 4.01. The lowest BCUT2D eigenvalue weighted by molar-refractivity contribution is -0.138. The van der Waals surface area contributed by atoms with Crippen molar-refractivity contribution in [3.8, 4) is 5.75 Å². The van der Waals surface area contributed by atoms with E-state index in [1.807, 2.05) is 41.0 Å². The van der Waals surface area contributed by atoms with E-state index in [-0.39, 0.29) is 18.4 Å². The highest BCUT2D eigenvalue weighted by atomic mass is 16.5. The second-order valence-electron chi connectivity index (χ2n) is 8.30. The molecule has 0 saturated carbocycles. The van der Waals surface area contributed by atoms with Gasteiger partial charge in [0.15, 0.2) is 0 Å². The molecule has 0 bridgehead atoms. The van der Waals surface area contributed by atoms with Crippen molar-refractivity contribution >= 4 is 11.8 Å². The zero-order valence-electron chi connectivity index (χ0n) is 17.8. The molecule has 1 unspecified atom stereocenters. The lowest BCUT2D eigenvalue weighted by atomic mass is 9.98. The summed E-state index contributed by atoms with van der Waals surface area (Å²) >= 11 is 0. The predicted molar refractivity (Wildman–Crippen MR) is 112 cm³/mol. The summed E-state index contributed by atoms with van der Waals surface area (Å²) in [4.78, 5) is 28.6. The summed E-state index contributed by atoms with van der Waals surface area (Å²) in [6, 6.07) is 7.46. The molecule has 0 radical (unpaired) electrons. The Morgan fingerprint density at radius 1 is 1.03 bits per heavy atom. The van der Waals surface area contributed by atoms with Crippen LogP contribution >= 0.6 is 0 Å². The number of hydrogen-bond donors (Lipinski definition) is 0. The zero-order valence-corrected chi connectivity index (χ0v) is 17.8. The monoisotopic (exact) mass is 402 g/mol. The quantitative estimate of drug-likeness (QED) is 0.703. The molecule has 3 rings (SSSR count). The standard InChI is InChI=1S/C23H34N2O4/c1-3-28-17-22(26)25-12-4-5-19(15-25)16-29-21-8-6-20(7-9-21)23(27)24-13-10-18(2)11-14-24/h6-9,18-19H,3-5,10-17H2,1-2H3. The van der Waals surface area contributed by atoms with Gasteiger partial charge in [0, 0.05) is 44.3 Å². The van der Waals surface area contributed by atoms with Gasteiger partial charge < -0.3 is 19.3 Å². The Morgan fingerprint density at radius 2 is 1.76 bits per heavy atom. The van der Waals surface area contributed by atoms with Gasteiger partial charge in [-0.15, -0.1) is 0 Å². The maximum absolute atomic E-state index is 12.6. The molecule has 6 nitrogen and oxygen atoms in total. The van der Waals surface area contributed by atoms with E-state index in [9.17, 15) is 9.59 Å². The van der Waals surface area contributed by atoms with Crippen LogP contribution in [0.5, 0.6) is 5.75 Å². The van der Waals surface area contributed by atoms with Gasteiger partial charge in [-0.05, 0) is 62.8 Å². The summed E-state index contributed by atoms with van der Waals surface area (Å²) in [5, 5.41) is 0. The fourth-order valence-electron chi connectivity index (χ4n) is 4.01. The van der Waals surface area contributed by atoms with Crippen molar-refractivity contribution in [1.82, 2.24) is 9.80 Å². The summed E-state index contributed by atoms with van der Waals surface area (Å²) in [5.74, 6) is 1.98. The van der Waals surface area contributed by atoms with E-state index in [0.717, 1.165) is 63.2 Å². The number of ether oxygens (including phenoxy) is 2. The van der Waals surface area contributed by atoms with Crippen molar-refractivity contribution in [3.05, 3.63) is 29.8 Å². The molecule has 1 aromatic carbocycles. The molecule has 2 amide bonds. The Labute approximate surface area is 174 Å². The zero-order chi connectivity index (χ0) is 20.6. The number of hydrogen-bond acceptors (Lipinski definition) is 4. The van der Waals surface area contributed by atoms with Crippen molar-refractivity contribution in [3.63, 3.8) is 0 Å². The van der Waals surface area contributed by atoms with Gasteiger partial charge in [-0.2, -0.15) is 0 Å². The molecule has 6 heteroatoms. The van der Waals surface area contributed by atoms with Crippen LogP contribution in [0.1, 0.15) is 49.9 Å². The molecule has 0 spiro atoms. The summed E-state index contributed by atoms with van der Waals surface area (Å²) in [7, 11) is 0. The van der Waals surface area contributed by atoms with Crippen LogP contribution in [-0.4, -0.2) is 67.6 Å². The normalized spacial score (nSPS) is 20.6. The summed E-state index contributed by atoms with van der Waals surface area (Å²) in [6.07, 6.45) is 4.22. The fraction of sp³-hybridized carbons (Fsp3) is 0.652. The first kappa shape index (κ1) is 21.6. The summed E-state index contributed by atoms with van der Waals surface area (Å²) < 4.78 is 11.2. The second-order valence-corrected chi connectivity index (χ2v) is 8.30. The summed E-state index contributed by atoms with van der Waals surface area (Å²) in [6.45, 7) is 8.65. The van der Waals surface area contributed by atoms with Crippen molar-refractivity contribution in [2.75, 3.05) is 46.0 Å². The number of carbonyl (C=O) groups excluding carboxylic acids is 2. The maximum atomic E-state index is 12.6. The van der Waals surface area contributed by atoms with Gasteiger partial charge in [-0.3, -0.25) is 9.59 Å². The molecule has 29 heavy (non-hydrogen) atoms. The smallest absolute Gasteiger partial charge is 0.253 e. The number of piperidine rings is 2. The van der Waals surface area contributed by atoms with E-state index in [2.05, 4.69) is 6.92 Å². The van der Waals surface area contributed by atoms with Crippen molar-refractivity contribution in [2.24, 2.45) is 11.8 Å². The number of likely N-dealkylation sites (tertiary alicyclic amines) is 2. The lowest BCUT2D eigenvalue weighted by Gasteiger charge is -2.32. The van der Waals surface area contributed by atoms with E-state index >= 15 is 0 Å². The molecular formula is C23H34N2O4. The first-order valence-corrected chi connectivity index (χ1v) is 10.9. The second kappa shape index (κ2) is 10.6. The molecule has 0 aromatic heterocycles. The Balaban J connectivity index is 1.46. The molecule has 160 valence electrons. The van der Waals surface area contributed by atoms with Crippen LogP contribution in [0.4, 0.5) is 0 Å². The Hall–Kier alpha value is -2.08. The van der Waals surface area contributed by atoms with E-state index < -0.39 is 0 Å². The van der Waals surface area contributed by atoms with Crippen molar-refractivity contribution in [1.29, 1.82) is 0 Å². The first-order chi connectivity index (χ1) is 14.1. The van der Waals surface area contributed by atoms with Crippen LogP contribution in [0.2, 0.25) is 0 Å². The number of nitrogens with zero attached hydrogens (tertiary/aromatic N) is 2. The highest BCUT2D eigenvalue weighted by Gasteiger charge is 2.24. The van der Waals surface area contributed by atoms with Gasteiger partial charge in [-0.1, -0.05) is 6.92 Å². The van der Waals surface area contributed by atoms with Gasteiger partial charge in [0.25, 0.3) is 5.91 Å². The lowest BCUT2D eigenvalue weighted by Crippen LogP contribution is -2.43. The third-order valence-electron chi connectivity index (χ3n) is 5.96. The molecule has 1 atom stereocenters. The van der Waals surface area contributed by atoms with Crippen LogP contribution in [-0.2, 0) is 9.53 Å². The first-order valence-electron chi connectivity index (χ1n) is 10.9. The van der Waals surface area contributed by atoms with Gasteiger partial charge in [0.05, 0.1) is 6.61 Å². The van der Waals surface area contributed by atoms with Gasteiger partial charge in [0.1, 0.15) is 12.4 Å². The molecule has 1 aromatic rings. The van der Waals surface area contributed by atoms with E-state index in [1.165, 1.54) is 0 Å². The number of carbonyl (C=O) groups is 2. The van der Waals surface area contributed by atoms with Crippen LogP contribution in [0.25, 0.3) is 0 Å². The molecule has 2 saturated heterocycles. The van der Waals surface area contributed by atoms with Gasteiger partial charge in [-0.25, -0.2) is 0 Å². The van der Waals surface area contributed by atoms with Crippen LogP contribution in [0, 0.1) is 11.8 Å². The SMILES string of the molecule is CCOCC(=O)N1CCCC(COc2ccc(C(=O)N3CCC(C)CC3)cc2)C1. The van der Waals surface area contributed by atoms with Gasteiger partial charge >= 0.3 is 0 Å². The average molecular weight is 403 g/mol. The van der Waals surface area contributed by atoms with E-state index in [4.69, 9.17) is 9.47 Å². The average Bonchev–Trinajstić information content (AvgIpc) is 2.76. The third kappa shape index (κ3) is 6.20. The summed E-state index contributed by atoms with van der Waals surface area (Å²) in [5.41, 5.74) is 0.720. The Morgan fingerprint density at radius 3 is 2.45 bits per heavy atom. The van der Waals surface area contributed by atoms with E-state index in [0.29, 0.717) is 25.0 Å². The molecule has 2 aliphatic rings. The number of amides is 2. The minimum absolute atomic E-state index is 0.0616. The van der Waals surface area contributed by atoms with Crippen molar-refractivity contribution in [2.45, 2.75) is 39.5 Å². The number of benzene rings is 1. The largest absolute Gasteiger partial charge is 0.493 e. The number of rotatable bonds is 7. The Kier molecular flexibility index (Phi) is 7.92. The minimum atomic E-state index is 0.0616. The molecule has 2 heterocycles. The molecular weight excluding hydrogens is 368 g/mol. The maximum Gasteiger partial charge on any atom is 0.253 e. The molecule has 0 aliphatic carbocycles. The molecule has 2 fully saturated rings. The van der Waals surface area contributed by atoms with Gasteiger partial charge in [0.2, 0.25) is 5.91 Å². The highest BCUT2D eigenvalue weighted by Crippen LogP contribution is 2.21. The van der Waals surface area contributed by atoms with Crippen molar-refractivity contribution < 1.29 is 19.1 Å². The van der Waals surface area contributed by atoms with Crippen LogP contribution in [0.3, 0.4) is 0 Å². The van der Waals surface area contributed by atoms with Crippen LogP contribution in [0.15, 0.2) is 24.3 Å². The van der Waals surface area contributed by atoms with E-state index in [1.54, 1.807) is 0 Å². The molecule has 0 N–H and O–H groups in total. The predicted octanol–water partition coefficient (Wildman–Crippen LogP) is 3.21.